The molecule has 0 atom stereocenters. The molecule has 0 N–H and O–H groups in total. The molecule has 14 heavy (non-hydrogen) atoms. The van der Waals surface area contributed by atoms with Gasteiger partial charge in [0.05, 0.1) is 0 Å². The highest BCUT2D eigenvalue weighted by Gasteiger charge is 2.04. The first-order valence-electron chi connectivity index (χ1n) is 4.39. The van der Waals surface area contributed by atoms with Crippen molar-refractivity contribution >= 4 is 17.6 Å². The van der Waals surface area contributed by atoms with Crippen LogP contribution in [0.15, 0.2) is 35.0 Å². The summed E-state index contributed by atoms with van der Waals surface area (Å²) in [6.45, 7) is 2.05. The zero-order chi connectivity index (χ0) is 9.97. The van der Waals surface area contributed by atoms with Crippen LogP contribution in [0, 0.1) is 6.92 Å². The lowest BCUT2D eigenvalue weighted by atomic mass is 10.0. The molecule has 0 fully saturated rings. The first-order chi connectivity index (χ1) is 6.81. The van der Waals surface area contributed by atoms with Gasteiger partial charge in [0.2, 0.25) is 0 Å². The quantitative estimate of drug-likeness (QED) is 0.681. The van der Waals surface area contributed by atoms with E-state index in [1.54, 1.807) is 11.3 Å². The van der Waals surface area contributed by atoms with Crippen molar-refractivity contribution in [2.75, 3.05) is 0 Å². The van der Waals surface area contributed by atoms with E-state index in [0.717, 1.165) is 23.0 Å². The Morgan fingerprint density at radius 3 is 2.86 bits per heavy atom. The molecule has 1 aromatic carbocycles. The first-order valence-corrected chi connectivity index (χ1v) is 5.34. The number of benzene rings is 1. The molecule has 0 aliphatic heterocycles. The van der Waals surface area contributed by atoms with Crippen LogP contribution in [0.25, 0.3) is 11.1 Å². The van der Waals surface area contributed by atoms with Crippen LogP contribution in [0.4, 0.5) is 0 Å². The van der Waals surface area contributed by atoms with Gasteiger partial charge in [0.15, 0.2) is 6.29 Å². The molecule has 0 saturated heterocycles. The molecule has 0 saturated carbocycles. The van der Waals surface area contributed by atoms with E-state index < -0.39 is 0 Å². The van der Waals surface area contributed by atoms with Gasteiger partial charge >= 0.3 is 0 Å². The Morgan fingerprint density at radius 1 is 1.29 bits per heavy atom. The highest BCUT2D eigenvalue weighted by Crippen LogP contribution is 2.26. The third-order valence-corrected chi connectivity index (χ3v) is 2.91. The lowest BCUT2D eigenvalue weighted by Crippen LogP contribution is -1.82. The lowest BCUT2D eigenvalue weighted by molar-refractivity contribution is 0.112. The average molecular weight is 202 g/mol. The van der Waals surface area contributed by atoms with Crippen molar-refractivity contribution < 1.29 is 4.79 Å². The number of hydrogen-bond donors (Lipinski definition) is 0. The maximum absolute atomic E-state index is 10.8. The second-order valence-corrected chi connectivity index (χ2v) is 3.97. The van der Waals surface area contributed by atoms with Crippen molar-refractivity contribution in [1.82, 2.24) is 0 Å². The van der Waals surface area contributed by atoms with Crippen LogP contribution in [-0.4, -0.2) is 6.29 Å². The second kappa shape index (κ2) is 3.76. The van der Waals surface area contributed by atoms with Gasteiger partial charge in [-0.3, -0.25) is 4.79 Å². The van der Waals surface area contributed by atoms with Crippen LogP contribution in [0.5, 0.6) is 0 Å². The van der Waals surface area contributed by atoms with Gasteiger partial charge in [-0.05, 0) is 17.9 Å². The Hall–Kier alpha value is -1.41. The summed E-state index contributed by atoms with van der Waals surface area (Å²) < 4.78 is 0. The summed E-state index contributed by atoms with van der Waals surface area (Å²) in [5.74, 6) is 0. The fraction of sp³-hybridized carbons (Fsp3) is 0.0833. The fourth-order valence-electron chi connectivity index (χ4n) is 1.45. The minimum absolute atomic E-state index is 0.778. The zero-order valence-corrected chi connectivity index (χ0v) is 8.67. The summed E-state index contributed by atoms with van der Waals surface area (Å²) in [6, 6.07) is 8.18. The Balaban J connectivity index is 2.54. The van der Waals surface area contributed by atoms with E-state index >= 15 is 0 Å². The third kappa shape index (κ3) is 1.61. The van der Waals surface area contributed by atoms with E-state index in [1.165, 1.54) is 5.56 Å². The zero-order valence-electron chi connectivity index (χ0n) is 7.86. The van der Waals surface area contributed by atoms with Crippen molar-refractivity contribution in [2.24, 2.45) is 0 Å². The molecule has 1 nitrogen and oxygen atoms in total. The van der Waals surface area contributed by atoms with Gasteiger partial charge in [0, 0.05) is 16.5 Å². The molecular weight excluding hydrogens is 192 g/mol. The fourth-order valence-corrected chi connectivity index (χ4v) is 2.25. The van der Waals surface area contributed by atoms with E-state index in [1.807, 2.05) is 22.9 Å². The molecule has 0 unspecified atom stereocenters. The molecule has 2 rings (SSSR count). The first kappa shape index (κ1) is 9.16. The molecule has 0 amide bonds. The van der Waals surface area contributed by atoms with Crippen LogP contribution >= 0.6 is 11.3 Å². The number of aldehydes is 1. The van der Waals surface area contributed by atoms with E-state index in [4.69, 9.17) is 0 Å². The van der Waals surface area contributed by atoms with Crippen LogP contribution < -0.4 is 0 Å². The number of carbonyl (C=O) groups is 1. The van der Waals surface area contributed by atoms with Crippen LogP contribution in [-0.2, 0) is 0 Å². The van der Waals surface area contributed by atoms with Gasteiger partial charge in [-0.15, -0.1) is 0 Å². The van der Waals surface area contributed by atoms with Gasteiger partial charge in [-0.1, -0.05) is 29.8 Å². The molecule has 2 aromatic rings. The van der Waals surface area contributed by atoms with E-state index in [0.29, 0.717) is 0 Å². The van der Waals surface area contributed by atoms with Crippen LogP contribution in [0.1, 0.15) is 15.9 Å². The summed E-state index contributed by atoms with van der Waals surface area (Å²) in [4.78, 5) is 10.8. The van der Waals surface area contributed by atoms with Gasteiger partial charge in [0.25, 0.3) is 0 Å². The predicted octanol–water partition coefficient (Wildman–Crippen LogP) is 3.54. The summed E-state index contributed by atoms with van der Waals surface area (Å²) in [5, 5.41) is 3.89. The van der Waals surface area contributed by atoms with Crippen molar-refractivity contribution in [1.29, 1.82) is 0 Å². The Morgan fingerprint density at radius 2 is 2.14 bits per heavy atom. The molecule has 2 heteroatoms. The minimum Gasteiger partial charge on any atom is -0.298 e. The molecule has 1 heterocycles. The Kier molecular flexibility index (Phi) is 2.46. The van der Waals surface area contributed by atoms with Crippen molar-refractivity contribution in [3.05, 3.63) is 46.2 Å². The summed E-state index contributed by atoms with van der Waals surface area (Å²) in [7, 11) is 0. The standard InChI is InChI=1S/C12H10OS/c1-9-3-2-4-10(5-9)12-8-14-7-11(12)6-13/h2-8H,1H3. The lowest BCUT2D eigenvalue weighted by Gasteiger charge is -2.00. The molecule has 70 valence electrons. The van der Waals surface area contributed by atoms with E-state index in [2.05, 4.69) is 19.1 Å². The predicted molar refractivity (Wildman–Crippen MR) is 59.9 cm³/mol. The number of carbonyl (C=O) groups excluding carboxylic acids is 1. The number of hydrogen-bond acceptors (Lipinski definition) is 2. The largest absolute Gasteiger partial charge is 0.298 e. The van der Waals surface area contributed by atoms with Gasteiger partial charge in [-0.25, -0.2) is 0 Å². The molecule has 0 bridgehead atoms. The number of aryl methyl sites for hydroxylation is 1. The van der Waals surface area contributed by atoms with Crippen molar-refractivity contribution in [3.8, 4) is 11.1 Å². The average Bonchev–Trinajstić information content (AvgIpc) is 2.65. The molecular formula is C12H10OS. The minimum atomic E-state index is 0.778. The van der Waals surface area contributed by atoms with Gasteiger partial charge < -0.3 is 0 Å². The smallest absolute Gasteiger partial charge is 0.151 e. The van der Waals surface area contributed by atoms with E-state index in [9.17, 15) is 4.79 Å². The summed E-state index contributed by atoms with van der Waals surface area (Å²) in [5.41, 5.74) is 4.15. The summed E-state index contributed by atoms with van der Waals surface area (Å²) in [6.07, 6.45) is 0.911. The van der Waals surface area contributed by atoms with Gasteiger partial charge in [-0.2, -0.15) is 11.3 Å². The van der Waals surface area contributed by atoms with E-state index in [-0.39, 0.29) is 0 Å². The van der Waals surface area contributed by atoms with Crippen molar-refractivity contribution in [3.63, 3.8) is 0 Å². The second-order valence-electron chi connectivity index (χ2n) is 3.23. The normalized spacial score (nSPS) is 10.1. The number of thiophene rings is 1. The number of rotatable bonds is 2. The molecule has 0 spiro atoms. The maximum Gasteiger partial charge on any atom is 0.151 e. The Labute approximate surface area is 87.0 Å². The topological polar surface area (TPSA) is 17.1 Å². The maximum atomic E-state index is 10.8. The monoisotopic (exact) mass is 202 g/mol. The molecule has 0 aliphatic rings. The SMILES string of the molecule is Cc1cccc(-c2cscc2C=O)c1. The summed E-state index contributed by atoms with van der Waals surface area (Å²) >= 11 is 1.56. The van der Waals surface area contributed by atoms with Crippen LogP contribution in [0.3, 0.4) is 0 Å². The molecule has 0 aliphatic carbocycles. The van der Waals surface area contributed by atoms with Gasteiger partial charge in [0.1, 0.15) is 0 Å². The Bertz CT molecular complexity index is 457. The molecule has 1 aromatic heterocycles. The van der Waals surface area contributed by atoms with Crippen molar-refractivity contribution in [2.45, 2.75) is 6.92 Å². The van der Waals surface area contributed by atoms with Crippen LogP contribution in [0.2, 0.25) is 0 Å². The highest BCUT2D eigenvalue weighted by atomic mass is 32.1. The third-order valence-electron chi connectivity index (χ3n) is 2.15. The molecule has 0 radical (unpaired) electrons. The highest BCUT2D eigenvalue weighted by molar-refractivity contribution is 7.08.